The molecule has 0 amide bonds. The highest BCUT2D eigenvalue weighted by Gasteiger charge is 2.12. The number of rotatable bonds is 5. The van der Waals surface area contributed by atoms with Gasteiger partial charge in [-0.15, -0.1) is 0 Å². The molecule has 1 aromatic carbocycles. The van der Waals surface area contributed by atoms with E-state index in [1.54, 1.807) is 20.4 Å². The Bertz CT molecular complexity index is 401. The number of methoxy groups -OCH3 is 2. The molecule has 92 valence electrons. The van der Waals surface area contributed by atoms with Crippen LogP contribution in [0.2, 0.25) is 0 Å². The number of ether oxygens (including phenoxy) is 4. The van der Waals surface area contributed by atoms with Crippen LogP contribution in [0.4, 0.5) is 0 Å². The Labute approximate surface area is 100.0 Å². The molecule has 0 bridgehead atoms. The minimum Gasteiger partial charge on any atom is -0.454 e. The van der Waals surface area contributed by atoms with Gasteiger partial charge in [-0.3, -0.25) is 4.99 Å². The Morgan fingerprint density at radius 3 is 2.82 bits per heavy atom. The van der Waals surface area contributed by atoms with E-state index < -0.39 is 0 Å². The summed E-state index contributed by atoms with van der Waals surface area (Å²) >= 11 is 0. The Balaban J connectivity index is 1.97. The van der Waals surface area contributed by atoms with Gasteiger partial charge in [-0.1, -0.05) is 0 Å². The van der Waals surface area contributed by atoms with Crippen LogP contribution in [0, 0.1) is 0 Å². The molecule has 1 aliphatic heterocycles. The summed E-state index contributed by atoms with van der Waals surface area (Å²) in [5.74, 6) is 1.53. The molecule has 0 fully saturated rings. The fourth-order valence-corrected chi connectivity index (χ4v) is 1.48. The third-order valence-corrected chi connectivity index (χ3v) is 2.42. The van der Waals surface area contributed by atoms with Crippen molar-refractivity contribution in [1.82, 2.24) is 0 Å². The molecular weight excluding hydrogens is 222 g/mol. The van der Waals surface area contributed by atoms with Crippen molar-refractivity contribution < 1.29 is 18.9 Å². The lowest BCUT2D eigenvalue weighted by atomic mass is 10.2. The van der Waals surface area contributed by atoms with Crippen LogP contribution in [0.25, 0.3) is 0 Å². The maximum atomic E-state index is 5.28. The molecule has 0 unspecified atom stereocenters. The van der Waals surface area contributed by atoms with Crippen LogP contribution in [0.3, 0.4) is 0 Å². The van der Waals surface area contributed by atoms with Crippen molar-refractivity contribution in [2.75, 3.05) is 27.6 Å². The molecule has 0 spiro atoms. The van der Waals surface area contributed by atoms with Crippen molar-refractivity contribution in [1.29, 1.82) is 0 Å². The lowest BCUT2D eigenvalue weighted by Crippen LogP contribution is -2.16. The van der Waals surface area contributed by atoms with E-state index in [1.807, 2.05) is 18.2 Å². The number of nitrogens with zero attached hydrogens (tertiary/aromatic N) is 1. The lowest BCUT2D eigenvalue weighted by molar-refractivity contribution is -0.0936. The standard InChI is InChI=1S/C12H15NO4/c1-14-12(15-2)7-13-6-9-3-4-10-11(5-9)17-8-16-10/h3-6,12H,7-8H2,1-2H3/b13-6+. The number of aliphatic imine (C=N–C) groups is 1. The van der Waals surface area contributed by atoms with Crippen molar-refractivity contribution in [2.45, 2.75) is 6.29 Å². The Morgan fingerprint density at radius 2 is 2.06 bits per heavy atom. The smallest absolute Gasteiger partial charge is 0.231 e. The normalized spacial score (nSPS) is 13.8. The summed E-state index contributed by atoms with van der Waals surface area (Å²) in [4.78, 5) is 4.24. The average molecular weight is 237 g/mol. The predicted molar refractivity (Wildman–Crippen MR) is 62.8 cm³/mol. The zero-order valence-corrected chi connectivity index (χ0v) is 9.88. The maximum Gasteiger partial charge on any atom is 0.231 e. The summed E-state index contributed by atoms with van der Waals surface area (Å²) < 4.78 is 20.6. The molecule has 5 heteroatoms. The molecule has 0 saturated heterocycles. The van der Waals surface area contributed by atoms with Gasteiger partial charge in [0.2, 0.25) is 6.79 Å². The number of hydrogen-bond acceptors (Lipinski definition) is 5. The zero-order chi connectivity index (χ0) is 12.1. The van der Waals surface area contributed by atoms with Crippen molar-refractivity contribution in [3.63, 3.8) is 0 Å². The molecule has 1 aromatic rings. The Kier molecular flexibility index (Phi) is 3.95. The van der Waals surface area contributed by atoms with Gasteiger partial charge < -0.3 is 18.9 Å². The lowest BCUT2D eigenvalue weighted by Gasteiger charge is -2.09. The summed E-state index contributed by atoms with van der Waals surface area (Å²) in [7, 11) is 3.18. The van der Waals surface area contributed by atoms with E-state index in [0.717, 1.165) is 17.1 Å². The molecule has 1 aliphatic rings. The molecule has 0 saturated carbocycles. The molecule has 0 radical (unpaired) electrons. The largest absolute Gasteiger partial charge is 0.454 e. The second-order valence-electron chi connectivity index (χ2n) is 3.51. The number of hydrogen-bond donors (Lipinski definition) is 0. The van der Waals surface area contributed by atoms with E-state index >= 15 is 0 Å². The fraction of sp³-hybridized carbons (Fsp3) is 0.417. The first-order valence-corrected chi connectivity index (χ1v) is 5.28. The molecule has 5 nitrogen and oxygen atoms in total. The van der Waals surface area contributed by atoms with Crippen LogP contribution >= 0.6 is 0 Å². The summed E-state index contributed by atoms with van der Waals surface area (Å²) in [6.07, 6.45) is 1.45. The van der Waals surface area contributed by atoms with E-state index in [0.29, 0.717) is 6.54 Å². The molecule has 2 rings (SSSR count). The first-order valence-electron chi connectivity index (χ1n) is 5.28. The van der Waals surface area contributed by atoms with Crippen LogP contribution in [0.5, 0.6) is 11.5 Å². The van der Waals surface area contributed by atoms with Gasteiger partial charge in [0.15, 0.2) is 17.8 Å². The van der Waals surface area contributed by atoms with Crippen molar-refractivity contribution in [3.05, 3.63) is 23.8 Å². The second kappa shape index (κ2) is 5.65. The fourth-order valence-electron chi connectivity index (χ4n) is 1.48. The predicted octanol–water partition coefficient (Wildman–Crippen LogP) is 1.45. The molecule has 17 heavy (non-hydrogen) atoms. The van der Waals surface area contributed by atoms with Gasteiger partial charge in [-0.25, -0.2) is 0 Å². The van der Waals surface area contributed by atoms with Gasteiger partial charge >= 0.3 is 0 Å². The van der Waals surface area contributed by atoms with Gasteiger partial charge in [0.05, 0.1) is 6.54 Å². The third-order valence-electron chi connectivity index (χ3n) is 2.42. The first kappa shape index (κ1) is 11.9. The van der Waals surface area contributed by atoms with Crippen LogP contribution in [0.1, 0.15) is 5.56 Å². The van der Waals surface area contributed by atoms with E-state index in [4.69, 9.17) is 18.9 Å². The van der Waals surface area contributed by atoms with Crippen molar-refractivity contribution in [2.24, 2.45) is 4.99 Å². The maximum absolute atomic E-state index is 5.28. The van der Waals surface area contributed by atoms with Crippen molar-refractivity contribution >= 4 is 6.21 Å². The molecule has 0 N–H and O–H groups in total. The number of benzene rings is 1. The van der Waals surface area contributed by atoms with Gasteiger partial charge in [0, 0.05) is 20.4 Å². The minimum atomic E-state index is -0.305. The summed E-state index contributed by atoms with van der Waals surface area (Å²) in [6.45, 7) is 0.743. The third kappa shape index (κ3) is 2.95. The van der Waals surface area contributed by atoms with Crippen LogP contribution < -0.4 is 9.47 Å². The summed E-state index contributed by atoms with van der Waals surface area (Å²) in [6, 6.07) is 5.68. The molecular formula is C12H15NO4. The van der Waals surface area contributed by atoms with E-state index in [-0.39, 0.29) is 13.1 Å². The highest BCUT2D eigenvalue weighted by molar-refractivity contribution is 5.81. The Morgan fingerprint density at radius 1 is 1.29 bits per heavy atom. The molecule has 0 aromatic heterocycles. The molecule has 1 heterocycles. The highest BCUT2D eigenvalue weighted by atomic mass is 16.7. The van der Waals surface area contributed by atoms with Gasteiger partial charge in [0.25, 0.3) is 0 Å². The minimum absolute atomic E-state index is 0.283. The SMILES string of the molecule is COC(C/N=C/c1ccc2c(c1)OCO2)OC. The second-order valence-corrected chi connectivity index (χ2v) is 3.51. The van der Waals surface area contributed by atoms with Crippen LogP contribution in [-0.4, -0.2) is 40.1 Å². The molecule has 0 aliphatic carbocycles. The quantitative estimate of drug-likeness (QED) is 0.574. The van der Waals surface area contributed by atoms with Crippen LogP contribution in [-0.2, 0) is 9.47 Å². The zero-order valence-electron chi connectivity index (χ0n) is 9.88. The van der Waals surface area contributed by atoms with Crippen LogP contribution in [0.15, 0.2) is 23.2 Å². The van der Waals surface area contributed by atoms with E-state index in [9.17, 15) is 0 Å². The van der Waals surface area contributed by atoms with E-state index in [1.165, 1.54) is 0 Å². The number of fused-ring (bicyclic) bond motifs is 1. The molecule has 0 atom stereocenters. The van der Waals surface area contributed by atoms with Gasteiger partial charge in [0.1, 0.15) is 0 Å². The Hall–Kier alpha value is -1.59. The van der Waals surface area contributed by atoms with Crippen molar-refractivity contribution in [3.8, 4) is 11.5 Å². The van der Waals surface area contributed by atoms with Gasteiger partial charge in [-0.2, -0.15) is 0 Å². The summed E-state index contributed by atoms with van der Waals surface area (Å²) in [5, 5.41) is 0. The van der Waals surface area contributed by atoms with Gasteiger partial charge in [-0.05, 0) is 23.8 Å². The first-order chi connectivity index (χ1) is 8.33. The van der Waals surface area contributed by atoms with E-state index in [2.05, 4.69) is 4.99 Å². The monoisotopic (exact) mass is 237 g/mol. The topological polar surface area (TPSA) is 49.3 Å². The highest BCUT2D eigenvalue weighted by Crippen LogP contribution is 2.31. The average Bonchev–Trinajstić information content (AvgIpc) is 2.82. The summed E-state index contributed by atoms with van der Waals surface area (Å²) in [5.41, 5.74) is 0.959.